The number of rotatable bonds is 3. The zero-order valence-corrected chi connectivity index (χ0v) is 10.3. The molecule has 2 heterocycles. The molecule has 2 rings (SSSR count). The molecule has 0 spiro atoms. The van der Waals surface area contributed by atoms with Gasteiger partial charge in [0, 0.05) is 18.8 Å². The number of thioether (sulfide) groups is 1. The van der Waals surface area contributed by atoms with Gasteiger partial charge in [0.25, 0.3) is 0 Å². The van der Waals surface area contributed by atoms with Crippen LogP contribution in [0.15, 0.2) is 4.21 Å². The molecule has 1 atom stereocenters. The molecule has 1 saturated heterocycles. The van der Waals surface area contributed by atoms with Gasteiger partial charge in [-0.1, -0.05) is 11.3 Å². The maximum absolute atomic E-state index is 5.64. The first kappa shape index (κ1) is 11.2. The summed E-state index contributed by atoms with van der Waals surface area (Å²) >= 11 is 3.34. The smallest absolute Gasteiger partial charge is 0.181 e. The Balaban J connectivity index is 1.84. The molecular formula is C9H15N3OS2. The van der Waals surface area contributed by atoms with Crippen molar-refractivity contribution in [3.8, 4) is 0 Å². The minimum Gasteiger partial charge on any atom is -0.375 e. The predicted octanol–water partition coefficient (Wildman–Crippen LogP) is 1.11. The molecule has 0 saturated carbocycles. The van der Waals surface area contributed by atoms with E-state index in [9.17, 15) is 0 Å². The summed E-state index contributed by atoms with van der Waals surface area (Å²) in [7, 11) is 0. The Morgan fingerprint density at radius 2 is 2.60 bits per heavy atom. The highest BCUT2D eigenvalue weighted by Gasteiger charge is 2.15. The van der Waals surface area contributed by atoms with Gasteiger partial charge >= 0.3 is 0 Å². The average molecular weight is 245 g/mol. The molecule has 15 heavy (non-hydrogen) atoms. The van der Waals surface area contributed by atoms with Gasteiger partial charge in [-0.25, -0.2) is 4.98 Å². The lowest BCUT2D eigenvalue weighted by molar-refractivity contribution is 0.0441. The largest absolute Gasteiger partial charge is 0.375 e. The van der Waals surface area contributed by atoms with Crippen molar-refractivity contribution in [1.29, 1.82) is 0 Å². The van der Waals surface area contributed by atoms with Crippen molar-refractivity contribution in [2.24, 2.45) is 0 Å². The van der Waals surface area contributed by atoms with Crippen LogP contribution in [0, 0.1) is 6.92 Å². The van der Waals surface area contributed by atoms with Crippen LogP contribution in [-0.2, 0) is 4.74 Å². The minimum atomic E-state index is 0.312. The van der Waals surface area contributed by atoms with Crippen molar-refractivity contribution in [1.82, 2.24) is 10.3 Å². The van der Waals surface area contributed by atoms with Crippen molar-refractivity contribution in [3.63, 3.8) is 0 Å². The van der Waals surface area contributed by atoms with Crippen molar-refractivity contribution < 1.29 is 4.74 Å². The third-order valence-electron chi connectivity index (χ3n) is 2.18. The van der Waals surface area contributed by atoms with Crippen molar-refractivity contribution in [3.05, 3.63) is 5.69 Å². The van der Waals surface area contributed by atoms with Gasteiger partial charge < -0.3 is 15.8 Å². The molecule has 0 bridgehead atoms. The SMILES string of the molecule is Cc1nc(N)sc1SCC1CNCCO1. The van der Waals surface area contributed by atoms with Crippen LogP contribution in [0.5, 0.6) is 0 Å². The van der Waals surface area contributed by atoms with Gasteiger partial charge in [-0.15, -0.1) is 11.8 Å². The number of nitrogens with zero attached hydrogens (tertiary/aromatic N) is 1. The maximum Gasteiger partial charge on any atom is 0.181 e. The summed E-state index contributed by atoms with van der Waals surface area (Å²) in [6.45, 7) is 4.72. The minimum absolute atomic E-state index is 0.312. The van der Waals surface area contributed by atoms with Crippen LogP contribution < -0.4 is 11.1 Å². The van der Waals surface area contributed by atoms with E-state index in [0.29, 0.717) is 11.2 Å². The van der Waals surface area contributed by atoms with Crippen LogP contribution >= 0.6 is 23.1 Å². The number of morpholine rings is 1. The Hall–Kier alpha value is -0.300. The molecule has 6 heteroatoms. The van der Waals surface area contributed by atoms with E-state index in [1.807, 2.05) is 6.92 Å². The van der Waals surface area contributed by atoms with E-state index >= 15 is 0 Å². The zero-order valence-electron chi connectivity index (χ0n) is 8.66. The van der Waals surface area contributed by atoms with E-state index in [0.717, 1.165) is 31.1 Å². The Bertz CT molecular complexity index is 323. The summed E-state index contributed by atoms with van der Waals surface area (Å²) < 4.78 is 6.83. The topological polar surface area (TPSA) is 60.2 Å². The molecule has 1 aliphatic heterocycles. The molecule has 1 unspecified atom stereocenters. The Morgan fingerprint density at radius 1 is 1.73 bits per heavy atom. The Kier molecular flexibility index (Phi) is 3.85. The highest BCUT2D eigenvalue weighted by atomic mass is 32.2. The van der Waals surface area contributed by atoms with Gasteiger partial charge in [0.15, 0.2) is 5.13 Å². The normalized spacial score (nSPS) is 21.8. The van der Waals surface area contributed by atoms with Crippen LogP contribution in [0.25, 0.3) is 0 Å². The van der Waals surface area contributed by atoms with E-state index in [1.165, 1.54) is 4.21 Å². The van der Waals surface area contributed by atoms with Crippen molar-refractivity contribution in [2.75, 3.05) is 31.2 Å². The Morgan fingerprint density at radius 3 is 3.20 bits per heavy atom. The summed E-state index contributed by atoms with van der Waals surface area (Å²) in [5.41, 5.74) is 6.67. The number of thiazole rings is 1. The maximum atomic E-state index is 5.64. The van der Waals surface area contributed by atoms with Crippen LogP contribution in [0.2, 0.25) is 0 Å². The van der Waals surface area contributed by atoms with Gasteiger partial charge in [0.1, 0.15) is 0 Å². The number of hydrogen-bond donors (Lipinski definition) is 2. The standard InChI is InChI=1S/C9H15N3OS2/c1-6-8(15-9(10)12-6)14-5-7-4-11-2-3-13-7/h7,11H,2-5H2,1H3,(H2,10,12). The average Bonchev–Trinajstić information content (AvgIpc) is 2.56. The summed E-state index contributed by atoms with van der Waals surface area (Å²) in [6.07, 6.45) is 0.312. The quantitative estimate of drug-likeness (QED) is 0.781. The lowest BCUT2D eigenvalue weighted by Crippen LogP contribution is -2.39. The van der Waals surface area contributed by atoms with Crippen molar-refractivity contribution in [2.45, 2.75) is 17.2 Å². The molecule has 0 radical (unpaired) electrons. The molecule has 3 N–H and O–H groups in total. The third-order valence-corrected chi connectivity index (χ3v) is 4.66. The van der Waals surface area contributed by atoms with Crippen LogP contribution in [-0.4, -0.2) is 36.5 Å². The lowest BCUT2D eigenvalue weighted by atomic mass is 10.3. The summed E-state index contributed by atoms with van der Waals surface area (Å²) in [5, 5.41) is 3.97. The molecule has 0 amide bonds. The van der Waals surface area contributed by atoms with E-state index < -0.39 is 0 Å². The Labute approximate surface area is 97.6 Å². The van der Waals surface area contributed by atoms with E-state index in [2.05, 4.69) is 10.3 Å². The summed E-state index contributed by atoms with van der Waals surface area (Å²) in [6, 6.07) is 0. The first-order valence-electron chi connectivity index (χ1n) is 4.93. The first-order valence-corrected chi connectivity index (χ1v) is 6.74. The molecule has 0 aliphatic carbocycles. The number of nitrogens with two attached hydrogens (primary N) is 1. The summed E-state index contributed by atoms with van der Waals surface area (Å²) in [4.78, 5) is 4.19. The monoisotopic (exact) mass is 245 g/mol. The van der Waals surface area contributed by atoms with Crippen LogP contribution in [0.1, 0.15) is 5.69 Å². The number of aryl methyl sites for hydroxylation is 1. The first-order chi connectivity index (χ1) is 7.25. The molecule has 1 fully saturated rings. The van der Waals surface area contributed by atoms with E-state index in [-0.39, 0.29) is 0 Å². The van der Waals surface area contributed by atoms with Crippen LogP contribution in [0.4, 0.5) is 5.13 Å². The molecule has 4 nitrogen and oxygen atoms in total. The lowest BCUT2D eigenvalue weighted by Gasteiger charge is -2.22. The highest BCUT2D eigenvalue weighted by Crippen LogP contribution is 2.31. The second-order valence-corrected chi connectivity index (χ2v) is 5.75. The third kappa shape index (κ3) is 3.07. The van der Waals surface area contributed by atoms with Crippen LogP contribution in [0.3, 0.4) is 0 Å². The zero-order chi connectivity index (χ0) is 10.7. The fourth-order valence-corrected chi connectivity index (χ4v) is 3.50. The fourth-order valence-electron chi connectivity index (χ4n) is 1.43. The number of hydrogen-bond acceptors (Lipinski definition) is 6. The molecule has 0 aromatic carbocycles. The molecule has 1 aromatic heterocycles. The highest BCUT2D eigenvalue weighted by molar-refractivity contribution is 8.01. The van der Waals surface area contributed by atoms with Gasteiger partial charge in [0.05, 0.1) is 22.6 Å². The second kappa shape index (κ2) is 5.16. The number of ether oxygens (including phenoxy) is 1. The molecule has 84 valence electrons. The molecule has 1 aliphatic rings. The number of anilines is 1. The molecular weight excluding hydrogens is 230 g/mol. The van der Waals surface area contributed by atoms with E-state index in [1.54, 1.807) is 23.1 Å². The van der Waals surface area contributed by atoms with Gasteiger partial charge in [-0.3, -0.25) is 0 Å². The van der Waals surface area contributed by atoms with E-state index in [4.69, 9.17) is 10.5 Å². The predicted molar refractivity (Wildman–Crippen MR) is 64.6 cm³/mol. The number of aromatic nitrogens is 1. The van der Waals surface area contributed by atoms with Gasteiger partial charge in [0.2, 0.25) is 0 Å². The van der Waals surface area contributed by atoms with Gasteiger partial charge in [-0.2, -0.15) is 0 Å². The number of nitrogen functional groups attached to an aromatic ring is 1. The number of nitrogens with one attached hydrogen (secondary N) is 1. The summed E-state index contributed by atoms with van der Waals surface area (Å²) in [5.74, 6) is 0.968. The second-order valence-electron chi connectivity index (χ2n) is 3.43. The van der Waals surface area contributed by atoms with Crippen molar-refractivity contribution >= 4 is 28.2 Å². The molecule has 1 aromatic rings. The fraction of sp³-hybridized carbons (Fsp3) is 0.667. The van der Waals surface area contributed by atoms with Gasteiger partial charge in [-0.05, 0) is 6.92 Å².